The highest BCUT2D eigenvalue weighted by molar-refractivity contribution is 5.67. The fraction of sp³-hybridized carbons (Fsp3) is 0.118. The number of benzene rings is 2. The highest BCUT2D eigenvalue weighted by Gasteiger charge is 2.30. The van der Waals surface area contributed by atoms with Crippen LogP contribution in [0.25, 0.3) is 22.6 Å². The number of alkyl halides is 3. The standard InChI is InChI=1S/C17H13F3N2O/c1-11-15(12-5-3-2-4-6-12)21-16(22(11)23)13-7-9-14(10-8-13)17(18,19)20/h2-10,23H,1H3. The van der Waals surface area contributed by atoms with Crippen molar-refractivity contribution in [2.45, 2.75) is 13.1 Å². The molecule has 1 heterocycles. The van der Waals surface area contributed by atoms with Gasteiger partial charge in [-0.3, -0.25) is 0 Å². The van der Waals surface area contributed by atoms with Crippen LogP contribution in [-0.2, 0) is 6.18 Å². The fourth-order valence-electron chi connectivity index (χ4n) is 2.36. The number of hydrogen-bond acceptors (Lipinski definition) is 2. The summed E-state index contributed by atoms with van der Waals surface area (Å²) >= 11 is 0. The van der Waals surface area contributed by atoms with Gasteiger partial charge in [0.25, 0.3) is 0 Å². The van der Waals surface area contributed by atoms with Gasteiger partial charge in [-0.2, -0.15) is 17.9 Å². The second kappa shape index (κ2) is 5.46. The highest BCUT2D eigenvalue weighted by atomic mass is 19.4. The van der Waals surface area contributed by atoms with Crippen LogP contribution in [-0.4, -0.2) is 14.9 Å². The molecule has 0 amide bonds. The summed E-state index contributed by atoms with van der Waals surface area (Å²) in [5.74, 6) is 0.204. The molecule has 0 atom stereocenters. The van der Waals surface area contributed by atoms with Crippen molar-refractivity contribution in [1.29, 1.82) is 0 Å². The summed E-state index contributed by atoms with van der Waals surface area (Å²) in [5, 5.41) is 10.2. The van der Waals surface area contributed by atoms with Gasteiger partial charge in [-0.25, -0.2) is 4.98 Å². The van der Waals surface area contributed by atoms with Gasteiger partial charge in [0.05, 0.1) is 17.0 Å². The quantitative estimate of drug-likeness (QED) is 0.690. The summed E-state index contributed by atoms with van der Waals surface area (Å²) in [6.07, 6.45) is -4.39. The molecule has 1 N–H and O–H groups in total. The average Bonchev–Trinajstić information content (AvgIpc) is 2.84. The average molecular weight is 318 g/mol. The largest absolute Gasteiger partial charge is 0.427 e. The predicted molar refractivity (Wildman–Crippen MR) is 80.0 cm³/mol. The summed E-state index contributed by atoms with van der Waals surface area (Å²) in [4.78, 5) is 4.37. The Bertz CT molecular complexity index is 822. The van der Waals surface area contributed by atoms with Gasteiger partial charge in [-0.15, -0.1) is 0 Å². The first-order valence-corrected chi connectivity index (χ1v) is 6.89. The molecule has 118 valence electrons. The van der Waals surface area contributed by atoms with Gasteiger partial charge in [-0.1, -0.05) is 42.5 Å². The minimum Gasteiger partial charge on any atom is -0.427 e. The third-order valence-corrected chi connectivity index (χ3v) is 3.60. The molecule has 6 heteroatoms. The van der Waals surface area contributed by atoms with E-state index in [1.165, 1.54) is 12.1 Å². The van der Waals surface area contributed by atoms with Crippen LogP contribution in [0.15, 0.2) is 54.6 Å². The van der Waals surface area contributed by atoms with Gasteiger partial charge in [0.1, 0.15) is 0 Å². The van der Waals surface area contributed by atoms with Crippen LogP contribution in [0.5, 0.6) is 0 Å². The van der Waals surface area contributed by atoms with E-state index in [1.54, 1.807) is 6.92 Å². The lowest BCUT2D eigenvalue weighted by Gasteiger charge is -2.07. The zero-order chi connectivity index (χ0) is 16.6. The molecule has 23 heavy (non-hydrogen) atoms. The smallest absolute Gasteiger partial charge is 0.416 e. The fourth-order valence-corrected chi connectivity index (χ4v) is 2.36. The van der Waals surface area contributed by atoms with Crippen LogP contribution in [0.3, 0.4) is 0 Å². The summed E-state index contributed by atoms with van der Waals surface area (Å²) in [6, 6.07) is 13.8. The molecule has 0 radical (unpaired) electrons. The van der Waals surface area contributed by atoms with E-state index < -0.39 is 11.7 Å². The molecule has 0 bridgehead atoms. The van der Waals surface area contributed by atoms with Crippen molar-refractivity contribution in [2.24, 2.45) is 0 Å². The molecule has 0 aliphatic rings. The highest BCUT2D eigenvalue weighted by Crippen LogP contribution is 2.32. The Morgan fingerprint density at radius 2 is 1.52 bits per heavy atom. The van der Waals surface area contributed by atoms with Gasteiger partial charge in [0.2, 0.25) is 0 Å². The number of rotatable bonds is 2. The van der Waals surface area contributed by atoms with Crippen LogP contribution in [0, 0.1) is 6.92 Å². The van der Waals surface area contributed by atoms with Crippen molar-refractivity contribution >= 4 is 0 Å². The minimum absolute atomic E-state index is 0.204. The van der Waals surface area contributed by atoms with E-state index in [-0.39, 0.29) is 5.82 Å². The predicted octanol–water partition coefficient (Wildman–Crippen LogP) is 4.78. The molecule has 0 aliphatic carbocycles. The van der Waals surface area contributed by atoms with Crippen molar-refractivity contribution < 1.29 is 18.4 Å². The molecule has 3 rings (SSSR count). The molecule has 0 saturated heterocycles. The van der Waals surface area contributed by atoms with E-state index in [0.717, 1.165) is 22.4 Å². The molecule has 3 nitrogen and oxygen atoms in total. The van der Waals surface area contributed by atoms with Crippen molar-refractivity contribution in [3.8, 4) is 22.6 Å². The van der Waals surface area contributed by atoms with E-state index >= 15 is 0 Å². The third-order valence-electron chi connectivity index (χ3n) is 3.60. The van der Waals surface area contributed by atoms with Gasteiger partial charge >= 0.3 is 6.18 Å². The van der Waals surface area contributed by atoms with Crippen LogP contribution in [0.4, 0.5) is 13.2 Å². The molecule has 1 aromatic heterocycles. The van der Waals surface area contributed by atoms with E-state index in [2.05, 4.69) is 4.98 Å². The van der Waals surface area contributed by atoms with E-state index in [9.17, 15) is 18.4 Å². The van der Waals surface area contributed by atoms with Gasteiger partial charge in [-0.05, 0) is 19.1 Å². The maximum absolute atomic E-state index is 12.6. The summed E-state index contributed by atoms with van der Waals surface area (Å²) in [5.41, 5.74) is 1.60. The van der Waals surface area contributed by atoms with Crippen molar-refractivity contribution in [3.63, 3.8) is 0 Å². The number of nitrogens with zero attached hydrogens (tertiary/aromatic N) is 2. The topological polar surface area (TPSA) is 38.0 Å². The van der Waals surface area contributed by atoms with Gasteiger partial charge in [0.15, 0.2) is 5.82 Å². The van der Waals surface area contributed by atoms with Crippen LogP contribution in [0.2, 0.25) is 0 Å². The van der Waals surface area contributed by atoms with Crippen LogP contribution < -0.4 is 0 Å². The first kappa shape index (κ1) is 15.1. The van der Waals surface area contributed by atoms with E-state index in [4.69, 9.17) is 0 Å². The first-order valence-electron chi connectivity index (χ1n) is 6.89. The lowest BCUT2D eigenvalue weighted by Crippen LogP contribution is -2.04. The molecular weight excluding hydrogens is 305 g/mol. The number of aromatic nitrogens is 2. The number of imidazole rings is 1. The lowest BCUT2D eigenvalue weighted by atomic mass is 10.1. The summed E-state index contributed by atoms with van der Waals surface area (Å²) in [7, 11) is 0. The monoisotopic (exact) mass is 318 g/mol. The Labute approximate surface area is 130 Å². The molecular formula is C17H13F3N2O. The lowest BCUT2D eigenvalue weighted by molar-refractivity contribution is -0.137. The van der Waals surface area contributed by atoms with Crippen molar-refractivity contribution in [1.82, 2.24) is 9.71 Å². The molecule has 0 saturated carbocycles. The number of hydrogen-bond donors (Lipinski definition) is 1. The Morgan fingerprint density at radius 3 is 2.09 bits per heavy atom. The second-order valence-corrected chi connectivity index (χ2v) is 5.12. The normalized spacial score (nSPS) is 11.7. The van der Waals surface area contributed by atoms with E-state index in [0.29, 0.717) is 17.0 Å². The van der Waals surface area contributed by atoms with Crippen LogP contribution >= 0.6 is 0 Å². The molecule has 0 unspecified atom stereocenters. The summed E-state index contributed by atoms with van der Waals surface area (Å²) in [6.45, 7) is 1.70. The SMILES string of the molecule is Cc1c(-c2ccccc2)nc(-c2ccc(C(F)(F)F)cc2)n1O. The van der Waals surface area contributed by atoms with Crippen LogP contribution in [0.1, 0.15) is 11.3 Å². The van der Waals surface area contributed by atoms with Crippen molar-refractivity contribution in [2.75, 3.05) is 0 Å². The van der Waals surface area contributed by atoms with Crippen molar-refractivity contribution in [3.05, 3.63) is 65.9 Å². The maximum Gasteiger partial charge on any atom is 0.416 e. The molecule has 2 aromatic carbocycles. The molecule has 0 spiro atoms. The first-order chi connectivity index (χ1) is 10.9. The van der Waals surface area contributed by atoms with Gasteiger partial charge in [0, 0.05) is 11.1 Å². The Kier molecular flexibility index (Phi) is 3.60. The maximum atomic E-state index is 12.6. The minimum atomic E-state index is -4.39. The zero-order valence-electron chi connectivity index (χ0n) is 12.2. The molecule has 3 aromatic rings. The Morgan fingerprint density at radius 1 is 0.913 bits per heavy atom. The van der Waals surface area contributed by atoms with E-state index in [1.807, 2.05) is 30.3 Å². The second-order valence-electron chi connectivity index (χ2n) is 5.12. The molecule has 0 aliphatic heterocycles. The number of halogens is 3. The zero-order valence-corrected chi connectivity index (χ0v) is 12.2. The van der Waals surface area contributed by atoms with Gasteiger partial charge < -0.3 is 5.21 Å². The third kappa shape index (κ3) is 2.79. The molecule has 0 fully saturated rings. The Hall–Kier alpha value is -2.76. The summed E-state index contributed by atoms with van der Waals surface area (Å²) < 4.78 is 38.8. The Balaban J connectivity index is 2.05.